The molecule has 0 saturated heterocycles. The van der Waals surface area contributed by atoms with Crippen LogP contribution in [0.1, 0.15) is 22.1 Å². The molecular weight excluding hydrogens is 287 g/mol. The van der Waals surface area contributed by atoms with E-state index in [1.807, 2.05) is 0 Å². The average Bonchev–Trinajstić information content (AvgIpc) is 2.81. The minimum atomic E-state index is -1.59. The topological polar surface area (TPSA) is 131 Å². The van der Waals surface area contributed by atoms with Gasteiger partial charge < -0.3 is 14.9 Å². The number of rotatable bonds is 5. The largest absolute Gasteiger partial charge is 0.478 e. The highest BCUT2D eigenvalue weighted by Crippen LogP contribution is 2.28. The summed E-state index contributed by atoms with van der Waals surface area (Å²) in [6.45, 7) is 1.53. The summed E-state index contributed by atoms with van der Waals surface area (Å²) in [6, 6.07) is 1.40. The monoisotopic (exact) mass is 296 g/mol. The lowest BCUT2D eigenvalue weighted by molar-refractivity contribution is -0.384. The molecule has 21 heavy (non-hydrogen) atoms. The molecule has 110 valence electrons. The quantitative estimate of drug-likeness (QED) is 0.629. The van der Waals surface area contributed by atoms with E-state index in [9.17, 15) is 19.3 Å². The molecule has 1 aromatic carbocycles. The lowest BCUT2D eigenvalue weighted by Crippen LogP contribution is -2.08. The first kappa shape index (κ1) is 14.4. The maximum absolute atomic E-state index is 13.6. The van der Waals surface area contributed by atoms with Crippen LogP contribution < -0.4 is 5.32 Å². The van der Waals surface area contributed by atoms with Crippen molar-refractivity contribution >= 4 is 17.3 Å². The van der Waals surface area contributed by atoms with Crippen LogP contribution in [0.25, 0.3) is 0 Å². The maximum Gasteiger partial charge on any atom is 0.338 e. The highest BCUT2D eigenvalue weighted by atomic mass is 19.1. The summed E-state index contributed by atoms with van der Waals surface area (Å²) in [5, 5.41) is 25.8. The van der Waals surface area contributed by atoms with Gasteiger partial charge in [-0.25, -0.2) is 9.18 Å². The van der Waals surface area contributed by atoms with Gasteiger partial charge >= 0.3 is 5.97 Å². The number of aryl methyl sites for hydroxylation is 1. The Morgan fingerprint density at radius 3 is 2.81 bits per heavy atom. The minimum Gasteiger partial charge on any atom is -0.478 e. The number of nitro benzene ring substituents is 1. The maximum atomic E-state index is 13.6. The van der Waals surface area contributed by atoms with Gasteiger partial charge in [0.2, 0.25) is 5.89 Å². The fourth-order valence-corrected chi connectivity index (χ4v) is 1.61. The number of carboxylic acid groups (broad SMARTS) is 1. The molecule has 1 aromatic heterocycles. The molecule has 0 spiro atoms. The van der Waals surface area contributed by atoms with Crippen molar-refractivity contribution in [2.24, 2.45) is 0 Å². The van der Waals surface area contributed by atoms with Gasteiger partial charge in [0, 0.05) is 19.1 Å². The molecule has 2 rings (SSSR count). The highest BCUT2D eigenvalue weighted by molar-refractivity contribution is 5.90. The molecule has 0 amide bonds. The first-order valence-electron chi connectivity index (χ1n) is 5.62. The molecule has 9 nitrogen and oxygen atoms in total. The second-order valence-electron chi connectivity index (χ2n) is 3.99. The van der Waals surface area contributed by atoms with Crippen molar-refractivity contribution in [3.8, 4) is 0 Å². The van der Waals surface area contributed by atoms with Crippen LogP contribution >= 0.6 is 0 Å². The molecule has 10 heteroatoms. The molecule has 0 saturated carbocycles. The first-order chi connectivity index (χ1) is 9.88. The number of anilines is 1. The van der Waals surface area contributed by atoms with Gasteiger partial charge in [-0.15, -0.1) is 0 Å². The van der Waals surface area contributed by atoms with Crippen molar-refractivity contribution in [2.75, 3.05) is 5.32 Å². The number of carboxylic acids is 1. The van der Waals surface area contributed by atoms with Crippen molar-refractivity contribution in [1.82, 2.24) is 10.1 Å². The number of nitrogens with one attached hydrogen (secondary N) is 1. The van der Waals surface area contributed by atoms with E-state index in [-0.39, 0.29) is 18.1 Å². The summed E-state index contributed by atoms with van der Waals surface area (Å²) >= 11 is 0. The Kier molecular flexibility index (Phi) is 3.78. The van der Waals surface area contributed by atoms with Gasteiger partial charge in [-0.3, -0.25) is 10.1 Å². The summed E-state index contributed by atoms with van der Waals surface area (Å²) in [5.41, 5.74) is -1.51. The Balaban J connectivity index is 2.31. The van der Waals surface area contributed by atoms with Gasteiger partial charge in [-0.2, -0.15) is 4.98 Å². The number of benzene rings is 1. The Morgan fingerprint density at radius 1 is 1.57 bits per heavy atom. The predicted octanol–water partition coefficient (Wildman–Crippen LogP) is 1.74. The van der Waals surface area contributed by atoms with E-state index in [1.54, 1.807) is 6.92 Å². The number of carbonyl (C=O) groups is 1. The molecule has 2 N–H and O–H groups in total. The third-order valence-corrected chi connectivity index (χ3v) is 2.52. The summed E-state index contributed by atoms with van der Waals surface area (Å²) in [6.07, 6.45) is 0. The van der Waals surface area contributed by atoms with E-state index in [0.717, 1.165) is 6.07 Å². The van der Waals surface area contributed by atoms with Crippen molar-refractivity contribution in [3.05, 3.63) is 45.3 Å². The molecule has 0 atom stereocenters. The van der Waals surface area contributed by atoms with Crippen LogP contribution in [0.5, 0.6) is 0 Å². The van der Waals surface area contributed by atoms with E-state index < -0.39 is 28.0 Å². The number of aromatic nitrogens is 2. The normalized spacial score (nSPS) is 10.4. The van der Waals surface area contributed by atoms with Crippen LogP contribution in [-0.4, -0.2) is 26.1 Å². The number of nitro groups is 1. The van der Waals surface area contributed by atoms with Crippen LogP contribution in [0, 0.1) is 22.9 Å². The Morgan fingerprint density at radius 2 is 2.29 bits per heavy atom. The Hall–Kier alpha value is -3.04. The van der Waals surface area contributed by atoms with Gasteiger partial charge in [0.25, 0.3) is 5.69 Å². The van der Waals surface area contributed by atoms with Crippen LogP contribution in [0.3, 0.4) is 0 Å². The minimum absolute atomic E-state index is 0.0377. The summed E-state index contributed by atoms with van der Waals surface area (Å²) in [4.78, 5) is 24.8. The molecule has 0 bridgehead atoms. The zero-order chi connectivity index (χ0) is 15.6. The molecule has 0 aliphatic heterocycles. The van der Waals surface area contributed by atoms with Gasteiger partial charge in [0.15, 0.2) is 5.82 Å². The van der Waals surface area contributed by atoms with E-state index in [1.165, 1.54) is 0 Å². The lowest BCUT2D eigenvalue weighted by Gasteiger charge is -2.06. The van der Waals surface area contributed by atoms with E-state index in [2.05, 4.69) is 15.5 Å². The van der Waals surface area contributed by atoms with Crippen molar-refractivity contribution < 1.29 is 23.7 Å². The standard InChI is InChI=1S/C11H9FN4O5/c1-5-14-10(15-21-5)4-13-8-3-7(12)6(11(17)18)2-9(8)16(19)20/h2-3,13H,4H2,1H3,(H,17,18). The molecular formula is C11H9FN4O5. The zero-order valence-corrected chi connectivity index (χ0v) is 10.7. The smallest absolute Gasteiger partial charge is 0.338 e. The Bertz CT molecular complexity index is 715. The molecule has 0 unspecified atom stereocenters. The van der Waals surface area contributed by atoms with E-state index in [0.29, 0.717) is 12.0 Å². The number of hydrogen-bond donors (Lipinski definition) is 2. The fourth-order valence-electron chi connectivity index (χ4n) is 1.61. The molecule has 0 radical (unpaired) electrons. The molecule has 0 fully saturated rings. The zero-order valence-electron chi connectivity index (χ0n) is 10.7. The van der Waals surface area contributed by atoms with Gasteiger partial charge in [0.1, 0.15) is 17.1 Å². The summed E-state index contributed by atoms with van der Waals surface area (Å²) in [5.74, 6) is -2.13. The number of nitrogens with zero attached hydrogens (tertiary/aromatic N) is 3. The number of halogens is 1. The number of hydrogen-bond acceptors (Lipinski definition) is 7. The van der Waals surface area contributed by atoms with Gasteiger partial charge in [-0.1, -0.05) is 5.16 Å². The first-order valence-corrected chi connectivity index (χ1v) is 5.62. The van der Waals surface area contributed by atoms with Gasteiger partial charge in [0.05, 0.1) is 11.5 Å². The third-order valence-electron chi connectivity index (χ3n) is 2.52. The predicted molar refractivity (Wildman–Crippen MR) is 66.4 cm³/mol. The average molecular weight is 296 g/mol. The van der Waals surface area contributed by atoms with Gasteiger partial charge in [-0.05, 0) is 0 Å². The van der Waals surface area contributed by atoms with Crippen molar-refractivity contribution in [1.29, 1.82) is 0 Å². The number of aromatic carboxylic acids is 1. The second-order valence-corrected chi connectivity index (χ2v) is 3.99. The third kappa shape index (κ3) is 3.11. The molecule has 0 aliphatic rings. The van der Waals surface area contributed by atoms with Crippen LogP contribution in [0.15, 0.2) is 16.7 Å². The molecule has 1 heterocycles. The van der Waals surface area contributed by atoms with Crippen molar-refractivity contribution in [3.63, 3.8) is 0 Å². The highest BCUT2D eigenvalue weighted by Gasteiger charge is 2.22. The van der Waals surface area contributed by atoms with Crippen LogP contribution in [-0.2, 0) is 6.54 Å². The SMILES string of the molecule is Cc1nc(CNc2cc(F)c(C(=O)O)cc2[N+](=O)[O-])no1. The summed E-state index contributed by atoms with van der Waals surface area (Å²) < 4.78 is 18.3. The van der Waals surface area contributed by atoms with Crippen LogP contribution in [0.2, 0.25) is 0 Å². The second kappa shape index (κ2) is 5.53. The van der Waals surface area contributed by atoms with Crippen LogP contribution in [0.4, 0.5) is 15.8 Å². The Labute approximate surface area is 116 Å². The fraction of sp³-hybridized carbons (Fsp3) is 0.182. The molecule has 0 aliphatic carbocycles. The van der Waals surface area contributed by atoms with E-state index >= 15 is 0 Å². The molecule has 2 aromatic rings. The lowest BCUT2D eigenvalue weighted by atomic mass is 10.1. The van der Waals surface area contributed by atoms with E-state index in [4.69, 9.17) is 9.63 Å². The van der Waals surface area contributed by atoms with Crippen molar-refractivity contribution in [2.45, 2.75) is 13.5 Å². The summed E-state index contributed by atoms with van der Waals surface area (Å²) in [7, 11) is 0.